The molecule has 1 aliphatic heterocycles. The highest BCUT2D eigenvalue weighted by molar-refractivity contribution is 6.09. The van der Waals surface area contributed by atoms with E-state index in [1.807, 2.05) is 42.5 Å². The maximum atomic E-state index is 13.3. The quantitative estimate of drug-likeness (QED) is 0.261. The number of hydrogen-bond donors (Lipinski definition) is 0. The lowest BCUT2D eigenvalue weighted by molar-refractivity contribution is -0.158. The fourth-order valence-corrected chi connectivity index (χ4v) is 5.46. The number of methoxy groups -OCH3 is 1. The number of Topliss-reactive ketones (excluding diaryl/α,β-unsaturated/α-hetero) is 1. The average Bonchev–Trinajstić information content (AvgIpc) is 3.55. The number of amides is 2. The third kappa shape index (κ3) is 3.81. The van der Waals surface area contributed by atoms with Crippen molar-refractivity contribution in [3.63, 3.8) is 0 Å². The van der Waals surface area contributed by atoms with Crippen LogP contribution in [0.15, 0.2) is 66.7 Å². The lowest BCUT2D eigenvalue weighted by atomic mass is 9.85. The second-order valence-corrected chi connectivity index (χ2v) is 9.01. The van der Waals surface area contributed by atoms with Gasteiger partial charge in [0.2, 0.25) is 11.8 Å². The van der Waals surface area contributed by atoms with E-state index in [2.05, 4.69) is 0 Å². The molecule has 1 saturated carbocycles. The van der Waals surface area contributed by atoms with E-state index in [4.69, 9.17) is 9.47 Å². The van der Waals surface area contributed by atoms with Gasteiger partial charge < -0.3 is 9.47 Å². The fourth-order valence-electron chi connectivity index (χ4n) is 5.46. The van der Waals surface area contributed by atoms with E-state index in [9.17, 15) is 19.2 Å². The predicted octanol–water partition coefficient (Wildman–Crippen LogP) is 2.84. The van der Waals surface area contributed by atoms with Gasteiger partial charge in [0, 0.05) is 12.0 Å². The molecule has 2 amide bonds. The summed E-state index contributed by atoms with van der Waals surface area (Å²) in [5.74, 6) is -2.01. The van der Waals surface area contributed by atoms with Crippen LogP contribution in [0.5, 0.6) is 5.75 Å². The van der Waals surface area contributed by atoms with E-state index in [1.165, 1.54) is 7.11 Å². The van der Waals surface area contributed by atoms with E-state index in [-0.39, 0.29) is 30.1 Å². The number of hydrogen-bond acceptors (Lipinski definition) is 6. The molecule has 2 aromatic rings. The number of rotatable bonds is 8. The van der Waals surface area contributed by atoms with Crippen LogP contribution in [0.1, 0.15) is 22.3 Å². The molecule has 2 aromatic carbocycles. The number of ether oxygens (including phenoxy) is 2. The number of carbonyl (C=O) groups excluding carboxylic acids is 4. The molecule has 2 bridgehead atoms. The van der Waals surface area contributed by atoms with E-state index in [0.717, 1.165) is 16.9 Å². The van der Waals surface area contributed by atoms with Crippen LogP contribution in [0.4, 0.5) is 0 Å². The molecule has 1 heterocycles. The molecule has 5 atom stereocenters. The molecular weight excluding hydrogens is 434 g/mol. The fraction of sp³-hybridized carbons (Fsp3) is 0.333. The third-order valence-corrected chi connectivity index (χ3v) is 7.10. The lowest BCUT2D eigenvalue weighted by Crippen LogP contribution is -2.48. The number of fused-ring (bicyclic) bond motifs is 5. The van der Waals surface area contributed by atoms with Gasteiger partial charge in [-0.2, -0.15) is 0 Å². The summed E-state index contributed by atoms with van der Waals surface area (Å²) >= 11 is 0. The highest BCUT2D eigenvalue weighted by Gasteiger charge is 2.61. The summed E-state index contributed by atoms with van der Waals surface area (Å²) in [6.07, 6.45) is 4.96. The summed E-state index contributed by atoms with van der Waals surface area (Å²) in [4.78, 5) is 53.6. The SMILES string of the molecule is COc1cccc(C(=O)COC(=O)[C@H](Cc2ccccc2)N2C(=O)[C@@H]3[C@H](C2=O)[C@@H]2C=C[C@H]3C2)c1. The number of nitrogens with zero attached hydrogens (tertiary/aromatic N) is 1. The van der Waals surface area contributed by atoms with Crippen molar-refractivity contribution >= 4 is 23.6 Å². The molecule has 0 radical (unpaired) electrons. The summed E-state index contributed by atoms with van der Waals surface area (Å²) in [7, 11) is 1.50. The van der Waals surface area contributed by atoms with E-state index < -0.39 is 36.2 Å². The van der Waals surface area contributed by atoms with Crippen LogP contribution in [0.25, 0.3) is 0 Å². The second-order valence-electron chi connectivity index (χ2n) is 9.01. The Labute approximate surface area is 197 Å². The number of allylic oxidation sites excluding steroid dienone is 2. The molecule has 7 nitrogen and oxygen atoms in total. The van der Waals surface area contributed by atoms with Gasteiger partial charge in [0.15, 0.2) is 12.4 Å². The normalized spacial score (nSPS) is 25.4. The molecule has 7 heteroatoms. The van der Waals surface area contributed by atoms with Gasteiger partial charge in [-0.25, -0.2) is 4.79 Å². The molecule has 2 aliphatic carbocycles. The zero-order chi connectivity index (χ0) is 23.8. The summed E-state index contributed by atoms with van der Waals surface area (Å²) in [6, 6.07) is 14.6. The van der Waals surface area contributed by atoms with Crippen molar-refractivity contribution in [1.82, 2.24) is 4.90 Å². The Balaban J connectivity index is 1.36. The van der Waals surface area contributed by atoms with E-state index in [1.54, 1.807) is 24.3 Å². The second kappa shape index (κ2) is 8.89. The first-order chi connectivity index (χ1) is 16.5. The van der Waals surface area contributed by atoms with Crippen LogP contribution in [-0.2, 0) is 25.5 Å². The van der Waals surface area contributed by atoms with Crippen molar-refractivity contribution in [2.75, 3.05) is 13.7 Å². The first-order valence-corrected chi connectivity index (χ1v) is 11.4. The smallest absolute Gasteiger partial charge is 0.330 e. The van der Waals surface area contributed by atoms with Crippen LogP contribution in [-0.4, -0.2) is 48.2 Å². The van der Waals surface area contributed by atoms with Gasteiger partial charge in [0.1, 0.15) is 11.8 Å². The van der Waals surface area contributed by atoms with Gasteiger partial charge in [-0.05, 0) is 36.0 Å². The number of benzene rings is 2. The van der Waals surface area contributed by atoms with Gasteiger partial charge in [-0.3, -0.25) is 19.3 Å². The minimum Gasteiger partial charge on any atom is -0.497 e. The Kier molecular flexibility index (Phi) is 5.77. The zero-order valence-electron chi connectivity index (χ0n) is 18.8. The molecule has 0 N–H and O–H groups in total. The lowest BCUT2D eigenvalue weighted by Gasteiger charge is -2.26. The molecule has 0 unspecified atom stereocenters. The summed E-state index contributed by atoms with van der Waals surface area (Å²) in [6.45, 7) is -0.493. The molecule has 0 spiro atoms. The van der Waals surface area contributed by atoms with Crippen LogP contribution >= 0.6 is 0 Å². The van der Waals surface area contributed by atoms with Crippen LogP contribution < -0.4 is 4.74 Å². The van der Waals surface area contributed by atoms with Gasteiger partial charge in [0.25, 0.3) is 0 Å². The van der Waals surface area contributed by atoms with E-state index >= 15 is 0 Å². The molecule has 1 saturated heterocycles. The van der Waals surface area contributed by atoms with E-state index in [0.29, 0.717) is 11.3 Å². The van der Waals surface area contributed by atoms with Crippen molar-refractivity contribution < 1.29 is 28.7 Å². The monoisotopic (exact) mass is 459 g/mol. The predicted molar refractivity (Wildman–Crippen MR) is 122 cm³/mol. The largest absolute Gasteiger partial charge is 0.497 e. The number of ketones is 1. The van der Waals surface area contributed by atoms with Crippen LogP contribution in [0.2, 0.25) is 0 Å². The van der Waals surface area contributed by atoms with Gasteiger partial charge in [0.05, 0.1) is 18.9 Å². The molecule has 34 heavy (non-hydrogen) atoms. The van der Waals surface area contributed by atoms with Gasteiger partial charge in [-0.1, -0.05) is 54.6 Å². The number of carbonyl (C=O) groups is 4. The maximum absolute atomic E-state index is 13.3. The number of imide groups is 1. The summed E-state index contributed by atoms with van der Waals surface area (Å²) < 4.78 is 10.5. The van der Waals surface area contributed by atoms with Crippen molar-refractivity contribution in [2.24, 2.45) is 23.7 Å². The van der Waals surface area contributed by atoms with Crippen LogP contribution in [0.3, 0.4) is 0 Å². The minimum atomic E-state index is -1.12. The van der Waals surface area contributed by atoms with Gasteiger partial charge >= 0.3 is 5.97 Å². The molecule has 0 aromatic heterocycles. The van der Waals surface area contributed by atoms with Crippen molar-refractivity contribution in [1.29, 1.82) is 0 Å². The van der Waals surface area contributed by atoms with Gasteiger partial charge in [-0.15, -0.1) is 0 Å². The Morgan fingerprint density at radius 1 is 0.971 bits per heavy atom. The molecule has 174 valence electrons. The molecule has 5 rings (SSSR count). The maximum Gasteiger partial charge on any atom is 0.330 e. The Morgan fingerprint density at radius 2 is 1.65 bits per heavy atom. The van der Waals surface area contributed by atoms with Crippen molar-refractivity contribution in [2.45, 2.75) is 18.9 Å². The first-order valence-electron chi connectivity index (χ1n) is 11.4. The third-order valence-electron chi connectivity index (χ3n) is 7.10. The number of esters is 1. The highest BCUT2D eigenvalue weighted by Crippen LogP contribution is 2.53. The molecular formula is C27H25NO6. The number of likely N-dealkylation sites (tertiary alicyclic amines) is 1. The van der Waals surface area contributed by atoms with Crippen molar-refractivity contribution in [3.8, 4) is 5.75 Å². The average molecular weight is 459 g/mol. The highest BCUT2D eigenvalue weighted by atomic mass is 16.5. The Hall–Kier alpha value is -3.74. The summed E-state index contributed by atoms with van der Waals surface area (Å²) in [5, 5.41) is 0. The van der Waals surface area contributed by atoms with Crippen LogP contribution in [0, 0.1) is 23.7 Å². The minimum absolute atomic E-state index is 0.0412. The molecule has 3 aliphatic rings. The first kappa shape index (κ1) is 22.1. The summed E-state index contributed by atoms with van der Waals surface area (Å²) in [5.41, 5.74) is 1.14. The standard InChI is InChI=1S/C27H25NO6/c1-33-20-9-5-8-17(14-20)22(29)15-34-27(32)21(12-16-6-3-2-4-7-16)28-25(30)23-18-10-11-19(13-18)24(23)26(28)31/h2-11,14,18-19,21,23-24H,12-13,15H2,1H3/t18-,19+,21-,23-,24+/m0/s1. The van der Waals surface area contributed by atoms with Crippen molar-refractivity contribution in [3.05, 3.63) is 77.9 Å². The molecule has 2 fully saturated rings. The zero-order valence-corrected chi connectivity index (χ0v) is 18.8. The Morgan fingerprint density at radius 3 is 2.29 bits per heavy atom. The topological polar surface area (TPSA) is 90.0 Å². The Bertz CT molecular complexity index is 1140.